The van der Waals surface area contributed by atoms with Crippen molar-refractivity contribution in [2.75, 3.05) is 24.5 Å². The van der Waals surface area contributed by atoms with Gasteiger partial charge in [0.15, 0.2) is 0 Å². The molecule has 1 saturated heterocycles. The molecule has 2 N–H and O–H groups in total. The first-order chi connectivity index (χ1) is 9.29. The molecule has 1 aromatic heterocycles. The molecule has 4 heteroatoms. The molecule has 0 radical (unpaired) electrons. The van der Waals surface area contributed by atoms with Gasteiger partial charge in [0.25, 0.3) is 5.56 Å². The van der Waals surface area contributed by atoms with Gasteiger partial charge in [-0.2, -0.15) is 0 Å². The van der Waals surface area contributed by atoms with E-state index in [0.29, 0.717) is 6.04 Å². The smallest absolute Gasteiger partial charge is 0.257 e. The Morgan fingerprint density at radius 3 is 2.79 bits per heavy atom. The van der Waals surface area contributed by atoms with Gasteiger partial charge in [0.05, 0.1) is 6.04 Å². The fourth-order valence-corrected chi connectivity index (χ4v) is 2.59. The van der Waals surface area contributed by atoms with Gasteiger partial charge in [-0.3, -0.25) is 4.79 Å². The van der Waals surface area contributed by atoms with Crippen molar-refractivity contribution < 1.29 is 0 Å². The van der Waals surface area contributed by atoms with Gasteiger partial charge in [0, 0.05) is 25.0 Å². The first kappa shape index (κ1) is 12.2. The molecule has 0 aliphatic carbocycles. The van der Waals surface area contributed by atoms with Crippen molar-refractivity contribution >= 4 is 16.6 Å². The second-order valence-electron chi connectivity index (χ2n) is 5.08. The third-order valence-electron chi connectivity index (χ3n) is 3.71. The van der Waals surface area contributed by atoms with E-state index in [1.807, 2.05) is 24.3 Å². The van der Waals surface area contributed by atoms with Gasteiger partial charge in [0.2, 0.25) is 0 Å². The lowest BCUT2D eigenvalue weighted by molar-refractivity contribution is 0.410. The second-order valence-corrected chi connectivity index (χ2v) is 5.08. The maximum Gasteiger partial charge on any atom is 0.257 e. The summed E-state index contributed by atoms with van der Waals surface area (Å²) in [6.07, 6.45) is 1.07. The zero-order valence-electron chi connectivity index (χ0n) is 11.1. The third-order valence-corrected chi connectivity index (χ3v) is 3.71. The number of H-pyrrole nitrogens is 1. The summed E-state index contributed by atoms with van der Waals surface area (Å²) in [5.41, 5.74) is 0.00138. The average Bonchev–Trinajstić information content (AvgIpc) is 2.36. The summed E-state index contributed by atoms with van der Waals surface area (Å²) < 4.78 is 0. The molecule has 0 unspecified atom stereocenters. The molecule has 0 bridgehead atoms. The largest absolute Gasteiger partial charge is 0.353 e. The van der Waals surface area contributed by atoms with Crippen LogP contribution in [0.4, 0.5) is 5.82 Å². The Labute approximate surface area is 112 Å². The fourth-order valence-electron chi connectivity index (χ4n) is 2.59. The zero-order chi connectivity index (χ0) is 13.2. The lowest BCUT2D eigenvalue weighted by Gasteiger charge is -2.39. The zero-order valence-corrected chi connectivity index (χ0v) is 11.1. The van der Waals surface area contributed by atoms with Crippen molar-refractivity contribution in [2.24, 2.45) is 0 Å². The second kappa shape index (κ2) is 5.05. The molecule has 0 atom stereocenters. The number of benzene rings is 1. The molecule has 0 saturated carbocycles. The molecule has 2 heterocycles. The Morgan fingerprint density at radius 2 is 2.11 bits per heavy atom. The number of nitrogens with zero attached hydrogens (tertiary/aromatic N) is 1. The molecule has 19 heavy (non-hydrogen) atoms. The minimum Gasteiger partial charge on any atom is -0.353 e. The maximum absolute atomic E-state index is 12.1. The van der Waals surface area contributed by atoms with Crippen LogP contribution in [0.25, 0.3) is 10.8 Å². The summed E-state index contributed by atoms with van der Waals surface area (Å²) in [4.78, 5) is 17.5. The molecule has 4 nitrogen and oxygen atoms in total. The molecule has 3 rings (SSSR count). The summed E-state index contributed by atoms with van der Waals surface area (Å²) in [7, 11) is 0. The van der Waals surface area contributed by atoms with Gasteiger partial charge in [-0.1, -0.05) is 25.1 Å². The van der Waals surface area contributed by atoms with E-state index in [4.69, 9.17) is 0 Å². The topological polar surface area (TPSA) is 48.1 Å². The molecule has 100 valence electrons. The predicted molar refractivity (Wildman–Crippen MR) is 78.9 cm³/mol. The Balaban J connectivity index is 2.05. The molecular formula is C15H19N3O. The lowest BCUT2D eigenvalue weighted by atomic mass is 10.1. The van der Waals surface area contributed by atoms with Gasteiger partial charge in [-0.25, -0.2) is 0 Å². The summed E-state index contributed by atoms with van der Waals surface area (Å²) in [6, 6.07) is 10.3. The van der Waals surface area contributed by atoms with Crippen LogP contribution in [0.1, 0.15) is 13.3 Å². The van der Waals surface area contributed by atoms with Crippen molar-refractivity contribution in [3.63, 3.8) is 0 Å². The fraction of sp³-hybridized carbons (Fsp3) is 0.400. The quantitative estimate of drug-likeness (QED) is 0.876. The Hall–Kier alpha value is -1.81. The van der Waals surface area contributed by atoms with E-state index in [-0.39, 0.29) is 5.56 Å². The van der Waals surface area contributed by atoms with Gasteiger partial charge in [-0.15, -0.1) is 0 Å². The minimum absolute atomic E-state index is 0.00138. The summed E-state index contributed by atoms with van der Waals surface area (Å²) in [5.74, 6) is 0.942. The van der Waals surface area contributed by atoms with Gasteiger partial charge in [-0.05, 0) is 23.9 Å². The number of hydrogen-bond acceptors (Lipinski definition) is 3. The predicted octanol–water partition coefficient (Wildman–Crippen LogP) is 1.72. The molecule has 1 aromatic carbocycles. The highest BCUT2D eigenvalue weighted by Gasteiger charge is 2.25. The summed E-state index contributed by atoms with van der Waals surface area (Å²) in [5, 5.41) is 5.06. The highest BCUT2D eigenvalue weighted by Crippen LogP contribution is 2.20. The first-order valence-corrected chi connectivity index (χ1v) is 6.89. The number of aromatic amines is 1. The van der Waals surface area contributed by atoms with Crippen LogP contribution in [0.15, 0.2) is 35.1 Å². The van der Waals surface area contributed by atoms with E-state index in [1.165, 1.54) is 0 Å². The normalized spacial score (nSPS) is 15.4. The first-order valence-electron chi connectivity index (χ1n) is 6.89. The number of aromatic nitrogens is 1. The van der Waals surface area contributed by atoms with Crippen LogP contribution in [-0.4, -0.2) is 30.7 Å². The van der Waals surface area contributed by atoms with Crippen molar-refractivity contribution in [1.82, 2.24) is 10.3 Å². The molecule has 0 amide bonds. The molecule has 1 aliphatic rings. The maximum atomic E-state index is 12.1. The van der Waals surface area contributed by atoms with Crippen molar-refractivity contribution in [3.05, 3.63) is 40.7 Å². The number of nitrogens with one attached hydrogen (secondary N) is 2. The molecule has 2 aromatic rings. The minimum atomic E-state index is 0.00138. The van der Waals surface area contributed by atoms with Crippen LogP contribution < -0.4 is 15.8 Å². The highest BCUT2D eigenvalue weighted by molar-refractivity contribution is 5.83. The Morgan fingerprint density at radius 1 is 1.32 bits per heavy atom. The van der Waals surface area contributed by atoms with E-state index in [0.717, 1.165) is 42.6 Å². The number of anilines is 1. The molecular weight excluding hydrogens is 238 g/mol. The number of fused-ring (bicyclic) bond motifs is 1. The van der Waals surface area contributed by atoms with Crippen LogP contribution in [0.3, 0.4) is 0 Å². The Bertz CT molecular complexity index is 631. The van der Waals surface area contributed by atoms with E-state index in [9.17, 15) is 4.79 Å². The van der Waals surface area contributed by atoms with Crippen LogP contribution in [-0.2, 0) is 0 Å². The summed E-state index contributed by atoms with van der Waals surface area (Å²) in [6.45, 7) is 5.13. The van der Waals surface area contributed by atoms with Gasteiger partial charge >= 0.3 is 0 Å². The number of rotatable bonds is 4. The van der Waals surface area contributed by atoms with Crippen LogP contribution in [0.5, 0.6) is 0 Å². The molecule has 0 spiro atoms. The van der Waals surface area contributed by atoms with Crippen LogP contribution in [0.2, 0.25) is 0 Å². The van der Waals surface area contributed by atoms with E-state index in [1.54, 1.807) is 0 Å². The van der Waals surface area contributed by atoms with Crippen LogP contribution >= 0.6 is 0 Å². The Kier molecular flexibility index (Phi) is 3.25. The number of pyridine rings is 1. The number of hydrogen-bond donors (Lipinski definition) is 2. The van der Waals surface area contributed by atoms with E-state index in [2.05, 4.69) is 28.2 Å². The molecule has 1 fully saturated rings. The van der Waals surface area contributed by atoms with Gasteiger partial charge in [0.1, 0.15) is 5.82 Å². The average molecular weight is 257 g/mol. The SMILES string of the molecule is CCCN(c1cc2ccccc2c(=O)[nH]1)C1CNC1. The van der Waals surface area contributed by atoms with Crippen molar-refractivity contribution in [2.45, 2.75) is 19.4 Å². The van der Waals surface area contributed by atoms with Crippen molar-refractivity contribution in [3.8, 4) is 0 Å². The summed E-state index contributed by atoms with van der Waals surface area (Å²) >= 11 is 0. The van der Waals surface area contributed by atoms with E-state index < -0.39 is 0 Å². The standard InChI is InChI=1S/C15H19N3O/c1-2-7-18(12-9-16-10-12)14-8-11-5-3-4-6-13(11)15(19)17-14/h3-6,8,12,16H,2,7,9-10H2,1H3,(H,17,19). The van der Waals surface area contributed by atoms with Gasteiger partial charge < -0.3 is 15.2 Å². The lowest BCUT2D eigenvalue weighted by Crippen LogP contribution is -2.58. The van der Waals surface area contributed by atoms with Crippen molar-refractivity contribution in [1.29, 1.82) is 0 Å². The van der Waals surface area contributed by atoms with E-state index >= 15 is 0 Å². The highest BCUT2D eigenvalue weighted by atomic mass is 16.1. The monoisotopic (exact) mass is 257 g/mol. The third kappa shape index (κ3) is 2.24. The molecule has 1 aliphatic heterocycles. The van der Waals surface area contributed by atoms with Crippen LogP contribution in [0, 0.1) is 0 Å².